The fourth-order valence-corrected chi connectivity index (χ4v) is 6.19. The van der Waals surface area contributed by atoms with Crippen molar-refractivity contribution in [3.63, 3.8) is 0 Å². The Hall–Kier alpha value is -2.13. The first kappa shape index (κ1) is 20.2. The smallest absolute Gasteiger partial charge is 0.399 e. The highest BCUT2D eigenvalue weighted by Crippen LogP contribution is 2.42. The summed E-state index contributed by atoms with van der Waals surface area (Å²) < 4.78 is 26.7. The minimum atomic E-state index is -2.96. The van der Waals surface area contributed by atoms with Crippen molar-refractivity contribution < 1.29 is 13.9 Å². The number of hydrogen-bond donors (Lipinski definition) is 0. The highest BCUT2D eigenvalue weighted by atomic mass is 31.2. The van der Waals surface area contributed by atoms with E-state index in [1.54, 1.807) is 0 Å². The van der Waals surface area contributed by atoms with E-state index in [1.807, 2.05) is 113 Å². The Bertz CT molecular complexity index is 971. The van der Waals surface area contributed by atoms with Gasteiger partial charge in [0.2, 0.25) is 0 Å². The summed E-state index contributed by atoms with van der Waals surface area (Å²) in [4.78, 5) is 0. The van der Waals surface area contributed by atoms with Crippen LogP contribution >= 0.6 is 7.14 Å². The van der Waals surface area contributed by atoms with E-state index >= 15 is 0 Å². The van der Waals surface area contributed by atoms with Crippen LogP contribution in [-0.2, 0) is 13.9 Å². The summed E-state index contributed by atoms with van der Waals surface area (Å²) in [6.45, 7) is 8.17. The fourth-order valence-electron chi connectivity index (χ4n) is 3.54. The Morgan fingerprint density at radius 3 is 1.41 bits per heavy atom. The molecule has 1 aliphatic rings. The normalized spacial score (nSPS) is 18.0. The predicted octanol–water partition coefficient (Wildman–Crippen LogP) is 3.63. The van der Waals surface area contributed by atoms with Gasteiger partial charge in [0.05, 0.1) is 11.2 Å². The van der Waals surface area contributed by atoms with Gasteiger partial charge < -0.3 is 13.9 Å². The second kappa shape index (κ2) is 7.29. The summed E-state index contributed by atoms with van der Waals surface area (Å²) in [7, 11) is -3.39. The van der Waals surface area contributed by atoms with Gasteiger partial charge in [-0.15, -0.1) is 0 Å². The van der Waals surface area contributed by atoms with Crippen LogP contribution in [0.3, 0.4) is 0 Å². The van der Waals surface area contributed by atoms with Crippen LogP contribution in [0, 0.1) is 0 Å². The van der Waals surface area contributed by atoms with Crippen LogP contribution < -0.4 is 21.4 Å². The second-order valence-corrected chi connectivity index (χ2v) is 11.2. The Balaban J connectivity index is 1.74. The van der Waals surface area contributed by atoms with Crippen molar-refractivity contribution >= 4 is 35.6 Å². The Morgan fingerprint density at radius 1 is 0.621 bits per heavy atom. The topological polar surface area (TPSA) is 35.5 Å². The van der Waals surface area contributed by atoms with Gasteiger partial charge in [-0.3, -0.25) is 0 Å². The molecule has 0 radical (unpaired) electrons. The summed E-state index contributed by atoms with van der Waals surface area (Å²) in [6.07, 6.45) is 0. The lowest BCUT2D eigenvalue weighted by molar-refractivity contribution is 0.00578. The molecule has 0 bridgehead atoms. The van der Waals surface area contributed by atoms with Crippen LogP contribution in [0.1, 0.15) is 27.7 Å². The molecule has 0 amide bonds. The molecule has 1 fully saturated rings. The molecule has 0 N–H and O–H groups in total. The van der Waals surface area contributed by atoms with Crippen LogP contribution in [0.2, 0.25) is 0 Å². The van der Waals surface area contributed by atoms with Crippen LogP contribution in [0.15, 0.2) is 84.9 Å². The summed E-state index contributed by atoms with van der Waals surface area (Å²) >= 11 is 0. The van der Waals surface area contributed by atoms with Gasteiger partial charge in [0.1, 0.15) is 0 Å². The highest BCUT2D eigenvalue weighted by Gasteiger charge is 2.51. The van der Waals surface area contributed by atoms with E-state index < -0.39 is 14.3 Å². The lowest BCUT2D eigenvalue weighted by atomic mass is 9.79. The molecular weight excluding hydrogens is 378 g/mol. The van der Waals surface area contributed by atoms with Crippen molar-refractivity contribution in [3.05, 3.63) is 84.9 Å². The van der Waals surface area contributed by atoms with Gasteiger partial charge in [-0.1, -0.05) is 84.9 Å². The predicted molar refractivity (Wildman–Crippen MR) is 122 cm³/mol. The molecule has 0 atom stereocenters. The summed E-state index contributed by atoms with van der Waals surface area (Å²) in [5.41, 5.74) is 0.152. The maximum Gasteiger partial charge on any atom is 0.494 e. The lowest BCUT2D eigenvalue weighted by Gasteiger charge is -2.32. The van der Waals surface area contributed by atoms with Gasteiger partial charge in [-0.05, 0) is 33.2 Å². The SMILES string of the molecule is CC1(C)OB(c2ccc(P(=O)(c3ccccc3)c3ccccc3)cc2)OC1(C)C. The first-order valence-corrected chi connectivity index (χ1v) is 11.6. The van der Waals surface area contributed by atoms with Crippen molar-refractivity contribution in [3.8, 4) is 0 Å². The molecule has 3 nitrogen and oxygen atoms in total. The van der Waals surface area contributed by atoms with Gasteiger partial charge in [-0.25, -0.2) is 0 Å². The Kier molecular flexibility index (Phi) is 5.07. The monoisotopic (exact) mass is 404 g/mol. The molecular formula is C24H26BO3P. The molecule has 4 rings (SSSR count). The molecule has 3 aromatic rings. The van der Waals surface area contributed by atoms with E-state index in [9.17, 15) is 4.57 Å². The first-order valence-electron chi connectivity index (χ1n) is 9.91. The second-order valence-electron chi connectivity index (χ2n) is 8.46. The van der Waals surface area contributed by atoms with Crippen molar-refractivity contribution in [2.24, 2.45) is 0 Å². The van der Waals surface area contributed by atoms with Crippen molar-refractivity contribution in [1.29, 1.82) is 0 Å². The quantitative estimate of drug-likeness (QED) is 0.492. The van der Waals surface area contributed by atoms with E-state index in [0.29, 0.717) is 0 Å². The largest absolute Gasteiger partial charge is 0.494 e. The zero-order valence-corrected chi connectivity index (χ0v) is 18.2. The third kappa shape index (κ3) is 3.50. The lowest BCUT2D eigenvalue weighted by Crippen LogP contribution is -2.41. The van der Waals surface area contributed by atoms with Gasteiger partial charge in [0.15, 0.2) is 7.14 Å². The molecule has 0 spiro atoms. The van der Waals surface area contributed by atoms with E-state index in [2.05, 4.69) is 0 Å². The average molecular weight is 404 g/mol. The van der Waals surface area contributed by atoms with Crippen LogP contribution in [-0.4, -0.2) is 18.3 Å². The zero-order chi connectivity index (χ0) is 20.7. The van der Waals surface area contributed by atoms with Crippen LogP contribution in [0.5, 0.6) is 0 Å². The van der Waals surface area contributed by atoms with Crippen molar-refractivity contribution in [2.45, 2.75) is 38.9 Å². The molecule has 0 aromatic heterocycles. The minimum Gasteiger partial charge on any atom is -0.399 e. The molecule has 3 aromatic carbocycles. The molecule has 1 aliphatic heterocycles. The molecule has 0 aliphatic carbocycles. The summed E-state index contributed by atoms with van der Waals surface area (Å²) in [5.74, 6) is 0. The maximum absolute atomic E-state index is 14.4. The van der Waals surface area contributed by atoms with Gasteiger partial charge in [-0.2, -0.15) is 0 Å². The fraction of sp³-hybridized carbons (Fsp3) is 0.250. The number of rotatable bonds is 4. The Labute approximate surface area is 173 Å². The summed E-state index contributed by atoms with van der Waals surface area (Å²) in [5, 5.41) is 2.46. The van der Waals surface area contributed by atoms with Crippen molar-refractivity contribution in [1.82, 2.24) is 0 Å². The summed E-state index contributed by atoms with van der Waals surface area (Å²) in [6, 6.07) is 27.2. The van der Waals surface area contributed by atoms with Crippen LogP contribution in [0.25, 0.3) is 0 Å². The van der Waals surface area contributed by atoms with E-state index in [4.69, 9.17) is 9.31 Å². The standard InChI is InChI=1S/C24H26BO3P/c1-23(2)24(3,4)28-25(27-23)19-15-17-22(18-16-19)29(26,20-11-7-5-8-12-20)21-13-9-6-10-14-21/h5-18H,1-4H3. The molecule has 1 saturated heterocycles. The number of benzene rings is 3. The van der Waals surface area contributed by atoms with Gasteiger partial charge in [0.25, 0.3) is 0 Å². The number of hydrogen-bond acceptors (Lipinski definition) is 3. The van der Waals surface area contributed by atoms with Gasteiger partial charge in [0, 0.05) is 15.9 Å². The molecule has 1 heterocycles. The Morgan fingerprint density at radius 2 is 1.00 bits per heavy atom. The molecule has 148 valence electrons. The molecule has 29 heavy (non-hydrogen) atoms. The zero-order valence-electron chi connectivity index (χ0n) is 17.3. The van der Waals surface area contributed by atoms with E-state index in [-0.39, 0.29) is 11.2 Å². The maximum atomic E-state index is 14.4. The molecule has 0 unspecified atom stereocenters. The van der Waals surface area contributed by atoms with Crippen LogP contribution in [0.4, 0.5) is 0 Å². The average Bonchev–Trinajstić information content (AvgIpc) is 2.96. The third-order valence-electron chi connectivity index (χ3n) is 6.02. The van der Waals surface area contributed by atoms with Crippen molar-refractivity contribution in [2.75, 3.05) is 0 Å². The molecule has 0 saturated carbocycles. The molecule has 5 heteroatoms. The third-order valence-corrected chi connectivity index (χ3v) is 9.10. The van der Waals surface area contributed by atoms with E-state index in [1.165, 1.54) is 0 Å². The van der Waals surface area contributed by atoms with E-state index in [0.717, 1.165) is 21.4 Å². The minimum absolute atomic E-state index is 0.389. The first-order chi connectivity index (χ1) is 13.7. The highest BCUT2D eigenvalue weighted by molar-refractivity contribution is 7.85. The van der Waals surface area contributed by atoms with Gasteiger partial charge >= 0.3 is 7.12 Å².